The Balaban J connectivity index is 4.06. The number of carboxylic acids is 1. The predicted octanol–water partition coefficient (Wildman–Crippen LogP) is 16.5. The summed E-state index contributed by atoms with van der Waals surface area (Å²) in [5.41, 5.74) is 0. The van der Waals surface area contributed by atoms with Gasteiger partial charge in [-0.25, -0.2) is 0 Å². The van der Waals surface area contributed by atoms with E-state index in [4.69, 9.17) is 18.9 Å². The van der Waals surface area contributed by atoms with Crippen LogP contribution in [0.4, 0.5) is 0 Å². The van der Waals surface area contributed by atoms with Crippen LogP contribution in [0.15, 0.2) is 48.6 Å². The second-order valence-corrected chi connectivity index (χ2v) is 21.6. The van der Waals surface area contributed by atoms with E-state index in [1.54, 1.807) is 0 Å². The Morgan fingerprint density at radius 3 is 1.18 bits per heavy atom. The predicted molar refractivity (Wildman–Crippen MR) is 302 cm³/mol. The smallest absolute Gasteiger partial charge is 0.306 e. The second kappa shape index (κ2) is 54.5. The molecule has 0 aliphatic carbocycles. The molecule has 0 bridgehead atoms. The van der Waals surface area contributed by atoms with Crippen LogP contribution < -0.4 is 5.11 Å². The lowest BCUT2D eigenvalue weighted by atomic mass is 10.0. The molecule has 0 rings (SSSR count). The fourth-order valence-corrected chi connectivity index (χ4v) is 8.71. The van der Waals surface area contributed by atoms with Gasteiger partial charge in [0.2, 0.25) is 0 Å². The number of esters is 2. The van der Waals surface area contributed by atoms with E-state index in [2.05, 4.69) is 62.5 Å². The van der Waals surface area contributed by atoms with E-state index >= 15 is 0 Å². The Labute approximate surface area is 444 Å². The number of hydrogen-bond acceptors (Lipinski definition) is 8. The number of carbonyl (C=O) groups is 3. The number of nitrogens with zero attached hydrogens (tertiary/aromatic N) is 1. The molecular weight excluding hydrogens is 899 g/mol. The van der Waals surface area contributed by atoms with Crippen LogP contribution in [-0.4, -0.2) is 82.3 Å². The van der Waals surface area contributed by atoms with Crippen molar-refractivity contribution in [1.29, 1.82) is 0 Å². The van der Waals surface area contributed by atoms with Crippen molar-refractivity contribution in [3.05, 3.63) is 48.6 Å². The number of hydrogen-bond donors (Lipinski definition) is 0. The van der Waals surface area contributed by atoms with E-state index in [9.17, 15) is 19.5 Å². The first-order valence-corrected chi connectivity index (χ1v) is 30.3. The van der Waals surface area contributed by atoms with Gasteiger partial charge in [0.1, 0.15) is 13.2 Å². The van der Waals surface area contributed by atoms with Crippen molar-refractivity contribution in [3.8, 4) is 0 Å². The van der Waals surface area contributed by atoms with Gasteiger partial charge in [-0.3, -0.25) is 9.59 Å². The SMILES string of the molecule is CC/C=C\C/C=C\C/C=C\C/C=C\CCCCC(=O)OC(COC(=O)CCCCCCCCCCCCCCCCCCCCCCCCCCCCCCCCCC)COC(OCC[N+](C)(C)C)C(=O)[O-]. The molecule has 0 radical (unpaired) electrons. The van der Waals surface area contributed by atoms with Crippen LogP contribution in [0.5, 0.6) is 0 Å². The molecule has 0 saturated heterocycles. The lowest BCUT2D eigenvalue weighted by Gasteiger charge is -2.26. The zero-order valence-electron chi connectivity index (χ0n) is 47.8. The van der Waals surface area contributed by atoms with Crippen molar-refractivity contribution in [2.75, 3.05) is 47.5 Å². The Bertz CT molecular complexity index is 1320. The number of likely N-dealkylation sites (N-methyl/N-ethyl adjacent to an activating group) is 1. The second-order valence-electron chi connectivity index (χ2n) is 21.6. The number of carbonyl (C=O) groups excluding carboxylic acids is 3. The normalized spacial score (nSPS) is 13.1. The zero-order valence-corrected chi connectivity index (χ0v) is 47.8. The molecule has 72 heavy (non-hydrogen) atoms. The number of rotatable bonds is 56. The van der Waals surface area contributed by atoms with Crippen LogP contribution in [0, 0.1) is 0 Å². The maximum absolute atomic E-state index is 12.8. The summed E-state index contributed by atoms with van der Waals surface area (Å²) >= 11 is 0. The molecule has 0 spiro atoms. The summed E-state index contributed by atoms with van der Waals surface area (Å²) in [5.74, 6) is -2.33. The van der Waals surface area contributed by atoms with Crippen molar-refractivity contribution < 1.29 is 42.9 Å². The first-order valence-electron chi connectivity index (χ1n) is 30.3. The van der Waals surface area contributed by atoms with Crippen LogP contribution >= 0.6 is 0 Å². The number of unbranched alkanes of at least 4 members (excludes halogenated alkanes) is 33. The third-order valence-corrected chi connectivity index (χ3v) is 13.3. The number of ether oxygens (including phenoxy) is 4. The van der Waals surface area contributed by atoms with E-state index in [1.165, 1.54) is 186 Å². The van der Waals surface area contributed by atoms with Crippen molar-refractivity contribution in [2.45, 2.75) is 289 Å². The monoisotopic (exact) mass is 1010 g/mol. The van der Waals surface area contributed by atoms with Crippen LogP contribution in [0.25, 0.3) is 0 Å². The lowest BCUT2D eigenvalue weighted by Crippen LogP contribution is -2.44. The highest BCUT2D eigenvalue weighted by Gasteiger charge is 2.22. The summed E-state index contributed by atoms with van der Waals surface area (Å²) < 4.78 is 22.6. The van der Waals surface area contributed by atoms with Gasteiger partial charge in [0.25, 0.3) is 0 Å². The van der Waals surface area contributed by atoms with Crippen LogP contribution in [0.3, 0.4) is 0 Å². The van der Waals surface area contributed by atoms with E-state index in [0.717, 1.165) is 57.8 Å². The highest BCUT2D eigenvalue weighted by atomic mass is 16.7. The third kappa shape index (κ3) is 55.0. The maximum atomic E-state index is 12.8. The van der Waals surface area contributed by atoms with E-state index in [0.29, 0.717) is 17.4 Å². The van der Waals surface area contributed by atoms with Crippen molar-refractivity contribution in [3.63, 3.8) is 0 Å². The number of carboxylic acid groups (broad SMARTS) is 1. The highest BCUT2D eigenvalue weighted by molar-refractivity contribution is 5.70. The molecule has 0 heterocycles. The average molecular weight is 1010 g/mol. The molecule has 0 aromatic rings. The van der Waals surface area contributed by atoms with Gasteiger partial charge in [-0.15, -0.1) is 0 Å². The zero-order chi connectivity index (χ0) is 52.7. The molecular formula is C63H115NO8. The molecule has 2 atom stereocenters. The molecule has 0 aliphatic rings. The van der Waals surface area contributed by atoms with Crippen molar-refractivity contribution in [1.82, 2.24) is 0 Å². The van der Waals surface area contributed by atoms with E-state index < -0.39 is 24.3 Å². The molecule has 0 fully saturated rings. The molecule has 0 aromatic heterocycles. The quantitative estimate of drug-likeness (QED) is 0.0195. The van der Waals surface area contributed by atoms with Gasteiger partial charge in [0, 0.05) is 12.8 Å². The Morgan fingerprint density at radius 2 is 0.792 bits per heavy atom. The molecule has 0 N–H and O–H groups in total. The van der Waals surface area contributed by atoms with Gasteiger partial charge in [0.15, 0.2) is 12.4 Å². The average Bonchev–Trinajstić information content (AvgIpc) is 3.35. The highest BCUT2D eigenvalue weighted by Crippen LogP contribution is 2.18. The number of allylic oxidation sites excluding steroid dienone is 8. The first kappa shape index (κ1) is 69.2. The molecule has 2 unspecified atom stereocenters. The number of aliphatic carboxylic acids is 1. The maximum Gasteiger partial charge on any atom is 0.306 e. The van der Waals surface area contributed by atoms with E-state index in [1.807, 2.05) is 21.1 Å². The molecule has 0 amide bonds. The minimum atomic E-state index is -1.63. The minimum Gasteiger partial charge on any atom is -0.545 e. The van der Waals surface area contributed by atoms with Crippen molar-refractivity contribution in [2.24, 2.45) is 0 Å². The largest absolute Gasteiger partial charge is 0.545 e. The Hall–Kier alpha value is -2.75. The minimum absolute atomic E-state index is 0.139. The first-order chi connectivity index (χ1) is 35.1. The van der Waals surface area contributed by atoms with Crippen molar-refractivity contribution >= 4 is 17.9 Å². The Morgan fingerprint density at radius 1 is 0.431 bits per heavy atom. The summed E-state index contributed by atoms with van der Waals surface area (Å²) in [5, 5.41) is 11.8. The lowest BCUT2D eigenvalue weighted by molar-refractivity contribution is -0.870. The molecule has 9 heteroatoms. The third-order valence-electron chi connectivity index (χ3n) is 13.3. The summed E-state index contributed by atoms with van der Waals surface area (Å²) in [6, 6.07) is 0. The van der Waals surface area contributed by atoms with Gasteiger partial charge in [-0.2, -0.15) is 0 Å². The summed E-state index contributed by atoms with van der Waals surface area (Å²) in [7, 11) is 5.91. The standard InChI is InChI=1S/C63H115NO8/c1-6-8-10-12-14-16-18-20-22-23-24-25-26-27-28-29-30-31-32-33-34-35-36-37-38-40-41-43-45-47-49-51-53-60(65)70-57-59(58-71-63(62(67)68)69-56-55-64(3,4)5)72-61(66)54-52-50-48-46-44-42-39-21-19-17-15-13-11-9-7-2/h9,11,15,17,21,39,44,46,59,63H,6-8,10,12-14,16,18-20,22-38,40-43,45,47-58H2,1-5H3/b11-9-,17-15-,39-21-,46-44-. The van der Waals surface area contributed by atoms with Crippen LogP contribution in [-0.2, 0) is 33.3 Å². The summed E-state index contributed by atoms with van der Waals surface area (Å²) in [4.78, 5) is 37.2. The number of quaternary nitrogens is 1. The van der Waals surface area contributed by atoms with Gasteiger partial charge in [-0.05, 0) is 51.4 Å². The van der Waals surface area contributed by atoms with Gasteiger partial charge in [-0.1, -0.05) is 262 Å². The molecule has 9 nitrogen and oxygen atoms in total. The molecule has 0 aromatic carbocycles. The van der Waals surface area contributed by atoms with Crippen LogP contribution in [0.2, 0.25) is 0 Å². The molecule has 420 valence electrons. The molecule has 0 aliphatic heterocycles. The van der Waals surface area contributed by atoms with Gasteiger partial charge in [0.05, 0.1) is 40.3 Å². The van der Waals surface area contributed by atoms with Gasteiger partial charge >= 0.3 is 11.9 Å². The van der Waals surface area contributed by atoms with Gasteiger partial charge < -0.3 is 33.3 Å². The summed E-state index contributed by atoms with van der Waals surface area (Å²) in [6.45, 7) is 4.61. The topological polar surface area (TPSA) is 111 Å². The summed E-state index contributed by atoms with van der Waals surface area (Å²) in [6.07, 6.45) is 64.9. The van der Waals surface area contributed by atoms with Crippen LogP contribution in [0.1, 0.15) is 277 Å². The molecule has 0 saturated carbocycles. The Kier molecular flexibility index (Phi) is 52.4. The fourth-order valence-electron chi connectivity index (χ4n) is 8.71. The fraction of sp³-hybridized carbons (Fsp3) is 0.825. The van der Waals surface area contributed by atoms with E-state index in [-0.39, 0.29) is 38.6 Å².